The molecule has 0 radical (unpaired) electrons. The molecular weight excluding hydrogens is 133 g/mol. The van der Waals surface area contributed by atoms with Crippen LogP contribution >= 0.6 is 0 Å². The highest BCUT2D eigenvalue weighted by atomic mass is 19.1. The lowest BCUT2D eigenvalue weighted by atomic mass is 10.0. The van der Waals surface area contributed by atoms with Crippen LogP contribution in [0.25, 0.3) is 0 Å². The molecule has 0 saturated carbocycles. The number of rotatable bonds is 3. The van der Waals surface area contributed by atoms with E-state index in [2.05, 4.69) is 0 Å². The summed E-state index contributed by atoms with van der Waals surface area (Å²) in [5.74, 6) is 0.415. The lowest BCUT2D eigenvalue weighted by molar-refractivity contribution is 0.175. The number of ether oxygens (including phenoxy) is 1. The maximum Gasteiger partial charge on any atom is 0.113 e. The van der Waals surface area contributed by atoms with Crippen LogP contribution in [0.3, 0.4) is 0 Å². The Balaban J connectivity index is 2.11. The Hall–Kier alpha value is -0.150. The molecule has 1 rings (SSSR count). The molecule has 2 atom stereocenters. The van der Waals surface area contributed by atoms with Gasteiger partial charge in [-0.05, 0) is 18.8 Å². The van der Waals surface area contributed by atoms with E-state index in [9.17, 15) is 4.39 Å². The smallest absolute Gasteiger partial charge is 0.113 e. The van der Waals surface area contributed by atoms with Crippen molar-refractivity contribution in [3.05, 3.63) is 0 Å². The molecular formula is C7H14FNO. The first kappa shape index (κ1) is 7.95. The second-order valence-electron chi connectivity index (χ2n) is 2.80. The second-order valence-corrected chi connectivity index (χ2v) is 2.80. The van der Waals surface area contributed by atoms with Crippen molar-refractivity contribution in [3.63, 3.8) is 0 Å². The molecule has 1 aliphatic heterocycles. The molecule has 0 bridgehead atoms. The number of hydrogen-bond donors (Lipinski definition) is 1. The summed E-state index contributed by atoms with van der Waals surface area (Å²) < 4.78 is 17.7. The molecule has 3 heteroatoms. The van der Waals surface area contributed by atoms with Gasteiger partial charge in [-0.2, -0.15) is 0 Å². The Morgan fingerprint density at radius 2 is 2.50 bits per heavy atom. The van der Waals surface area contributed by atoms with E-state index in [0.29, 0.717) is 12.3 Å². The largest absolute Gasteiger partial charge is 0.381 e. The van der Waals surface area contributed by atoms with Gasteiger partial charge < -0.3 is 10.5 Å². The van der Waals surface area contributed by atoms with E-state index in [4.69, 9.17) is 10.5 Å². The summed E-state index contributed by atoms with van der Waals surface area (Å²) in [6.45, 7) is 1.67. The molecule has 1 fully saturated rings. The Labute approximate surface area is 60.5 Å². The van der Waals surface area contributed by atoms with Crippen molar-refractivity contribution in [1.82, 2.24) is 0 Å². The zero-order chi connectivity index (χ0) is 7.40. The molecule has 10 heavy (non-hydrogen) atoms. The minimum atomic E-state index is -0.827. The monoisotopic (exact) mass is 147 g/mol. The summed E-state index contributed by atoms with van der Waals surface area (Å²) in [6.07, 6.45) is 0.753. The summed E-state index contributed by atoms with van der Waals surface area (Å²) in [5, 5.41) is 0. The fourth-order valence-corrected chi connectivity index (χ4v) is 1.23. The molecule has 2 nitrogen and oxygen atoms in total. The molecule has 2 N–H and O–H groups in total. The Morgan fingerprint density at radius 3 is 3.00 bits per heavy atom. The number of alkyl halides is 1. The van der Waals surface area contributed by atoms with Crippen LogP contribution < -0.4 is 5.73 Å². The summed E-state index contributed by atoms with van der Waals surface area (Å²) in [4.78, 5) is 0. The average Bonchev–Trinajstić information content (AvgIpc) is 2.40. The standard InChI is InChI=1S/C7H14FNO/c8-7(4-9)3-6-1-2-10-5-6/h6-7H,1-5,9H2/t6-,7+/m1/s1. The van der Waals surface area contributed by atoms with Crippen LogP contribution in [0.1, 0.15) is 12.8 Å². The molecule has 1 saturated heterocycles. The lowest BCUT2D eigenvalue weighted by Gasteiger charge is -2.08. The van der Waals surface area contributed by atoms with E-state index in [1.807, 2.05) is 0 Å². The van der Waals surface area contributed by atoms with E-state index < -0.39 is 6.17 Å². The first-order valence-electron chi connectivity index (χ1n) is 3.75. The second kappa shape index (κ2) is 3.88. The van der Waals surface area contributed by atoms with Gasteiger partial charge in [-0.3, -0.25) is 0 Å². The highest BCUT2D eigenvalue weighted by molar-refractivity contribution is 4.69. The van der Waals surface area contributed by atoms with Crippen molar-refractivity contribution >= 4 is 0 Å². The van der Waals surface area contributed by atoms with E-state index in [-0.39, 0.29) is 6.54 Å². The highest BCUT2D eigenvalue weighted by Crippen LogP contribution is 2.18. The van der Waals surface area contributed by atoms with Gasteiger partial charge in [0.25, 0.3) is 0 Å². The first-order chi connectivity index (χ1) is 4.83. The SMILES string of the molecule is NC[C@@H](F)C[C@H]1CCOC1. The summed E-state index contributed by atoms with van der Waals surface area (Å²) in [7, 11) is 0. The van der Waals surface area contributed by atoms with Crippen molar-refractivity contribution in [2.45, 2.75) is 19.0 Å². The molecule has 0 aliphatic carbocycles. The topological polar surface area (TPSA) is 35.2 Å². The predicted octanol–water partition coefficient (Wildman–Crippen LogP) is 0.710. The summed E-state index contributed by atoms with van der Waals surface area (Å²) in [6, 6.07) is 0. The van der Waals surface area contributed by atoms with Crippen LogP contribution in [0.2, 0.25) is 0 Å². The van der Waals surface area contributed by atoms with Gasteiger partial charge in [0, 0.05) is 19.8 Å². The van der Waals surface area contributed by atoms with Crippen molar-refractivity contribution in [1.29, 1.82) is 0 Å². The van der Waals surface area contributed by atoms with Crippen molar-refractivity contribution < 1.29 is 9.13 Å². The van der Waals surface area contributed by atoms with E-state index in [1.165, 1.54) is 0 Å². The molecule has 0 spiro atoms. The summed E-state index contributed by atoms with van der Waals surface area (Å²) in [5.41, 5.74) is 5.13. The maximum absolute atomic E-state index is 12.6. The Morgan fingerprint density at radius 1 is 1.70 bits per heavy atom. The molecule has 1 aliphatic rings. The van der Waals surface area contributed by atoms with Gasteiger partial charge in [-0.1, -0.05) is 0 Å². The molecule has 0 aromatic rings. The third kappa shape index (κ3) is 2.23. The van der Waals surface area contributed by atoms with Gasteiger partial charge in [0.2, 0.25) is 0 Å². The first-order valence-corrected chi connectivity index (χ1v) is 3.75. The quantitative estimate of drug-likeness (QED) is 0.638. The zero-order valence-electron chi connectivity index (χ0n) is 6.05. The van der Waals surface area contributed by atoms with Gasteiger partial charge in [0.1, 0.15) is 6.17 Å². The van der Waals surface area contributed by atoms with Gasteiger partial charge in [0.15, 0.2) is 0 Å². The van der Waals surface area contributed by atoms with Crippen molar-refractivity contribution in [2.75, 3.05) is 19.8 Å². The molecule has 0 unspecified atom stereocenters. The molecule has 60 valence electrons. The van der Waals surface area contributed by atoms with Crippen LogP contribution in [0.5, 0.6) is 0 Å². The lowest BCUT2D eigenvalue weighted by Crippen LogP contribution is -2.19. The normalized spacial score (nSPS) is 28.8. The van der Waals surface area contributed by atoms with Crippen LogP contribution in [0.15, 0.2) is 0 Å². The maximum atomic E-state index is 12.6. The van der Waals surface area contributed by atoms with Crippen molar-refractivity contribution in [2.24, 2.45) is 11.7 Å². The fourth-order valence-electron chi connectivity index (χ4n) is 1.23. The molecule has 0 aromatic heterocycles. The third-order valence-corrected chi connectivity index (χ3v) is 1.87. The van der Waals surface area contributed by atoms with Gasteiger partial charge in [-0.15, -0.1) is 0 Å². The molecule has 1 heterocycles. The van der Waals surface area contributed by atoms with Gasteiger partial charge in [0.05, 0.1) is 0 Å². The minimum absolute atomic E-state index is 0.149. The van der Waals surface area contributed by atoms with Gasteiger partial charge in [-0.25, -0.2) is 4.39 Å². The molecule has 0 amide bonds. The van der Waals surface area contributed by atoms with Gasteiger partial charge >= 0.3 is 0 Å². The van der Waals surface area contributed by atoms with Crippen LogP contribution in [0, 0.1) is 5.92 Å². The van der Waals surface area contributed by atoms with E-state index in [0.717, 1.165) is 19.6 Å². The number of halogens is 1. The zero-order valence-corrected chi connectivity index (χ0v) is 6.05. The third-order valence-electron chi connectivity index (χ3n) is 1.87. The summed E-state index contributed by atoms with van der Waals surface area (Å²) >= 11 is 0. The van der Waals surface area contributed by atoms with Crippen LogP contribution in [0.4, 0.5) is 4.39 Å². The molecule has 0 aromatic carbocycles. The van der Waals surface area contributed by atoms with Crippen LogP contribution in [-0.2, 0) is 4.74 Å². The minimum Gasteiger partial charge on any atom is -0.381 e. The fraction of sp³-hybridized carbons (Fsp3) is 1.00. The highest BCUT2D eigenvalue weighted by Gasteiger charge is 2.19. The van der Waals surface area contributed by atoms with E-state index in [1.54, 1.807) is 0 Å². The Bertz CT molecular complexity index is 93.6. The van der Waals surface area contributed by atoms with Crippen molar-refractivity contribution in [3.8, 4) is 0 Å². The van der Waals surface area contributed by atoms with Crippen LogP contribution in [-0.4, -0.2) is 25.9 Å². The number of hydrogen-bond acceptors (Lipinski definition) is 2. The average molecular weight is 147 g/mol. The number of nitrogens with two attached hydrogens (primary N) is 1. The van der Waals surface area contributed by atoms with E-state index >= 15 is 0 Å². The Kier molecular flexibility index (Phi) is 3.09. The predicted molar refractivity (Wildman–Crippen MR) is 37.5 cm³/mol.